The van der Waals surface area contributed by atoms with E-state index in [-0.39, 0.29) is 88.6 Å². The average Bonchev–Trinajstić information content (AvgIpc) is 1.58. The van der Waals surface area contributed by atoms with E-state index in [1.54, 1.807) is 0 Å². The molecule has 2 fully saturated rings. The number of guanidine groups is 1. The van der Waals surface area contributed by atoms with Crippen LogP contribution in [-0.2, 0) is 63.6 Å². The van der Waals surface area contributed by atoms with Gasteiger partial charge in [0.25, 0.3) is 0 Å². The SMILES string of the molecule is CCCCCC(NC(=O)[C@@H]1CSSC[C@@H](NC(=O)CCN2/C(=C/C=C/C=C/C=C/C3=[N+](CCC(=O)[O-])c4ccc5ccccc5c4C3(C)C)C(C)(C)c3c2ccc2ccccc32)C(=O)NCC(=O)N[C@@H](CCCN=C(N)N)C(=O)N[C@@H](CC(=O)O)C(=O)N[C@@H](CO)C(=O)N2CCCC2C(=O)N1)C(=O)O. The summed E-state index contributed by atoms with van der Waals surface area (Å²) in [5.41, 5.74) is 15.6. The predicted molar refractivity (Wildman–Crippen MR) is 396 cm³/mol. The van der Waals surface area contributed by atoms with E-state index < -0.39 is 138 Å². The summed E-state index contributed by atoms with van der Waals surface area (Å²) in [6.07, 6.45) is 14.2. The Hall–Kier alpha value is -10.1. The second-order valence-electron chi connectivity index (χ2n) is 26.9. The van der Waals surface area contributed by atoms with E-state index in [4.69, 9.17) is 11.5 Å². The average molecular weight is 1470 g/mol. The Kier molecular flexibility index (Phi) is 28.2. The van der Waals surface area contributed by atoms with Crippen molar-refractivity contribution in [3.05, 3.63) is 132 Å². The summed E-state index contributed by atoms with van der Waals surface area (Å²) in [6, 6.07) is 13.5. The minimum atomic E-state index is -1.91. The van der Waals surface area contributed by atoms with Crippen LogP contribution in [0.5, 0.6) is 0 Å². The molecule has 0 aromatic heterocycles. The molecule has 28 nitrogen and oxygen atoms in total. The lowest BCUT2D eigenvalue weighted by atomic mass is 9.79. The van der Waals surface area contributed by atoms with Gasteiger partial charge in [0.2, 0.25) is 52.9 Å². The molecular formula is C74H93N13O15S2. The highest BCUT2D eigenvalue weighted by Crippen LogP contribution is 2.51. The van der Waals surface area contributed by atoms with Gasteiger partial charge < -0.3 is 83.7 Å². The lowest BCUT2D eigenvalue weighted by Gasteiger charge is -2.30. The highest BCUT2D eigenvalue weighted by molar-refractivity contribution is 8.76. The van der Waals surface area contributed by atoms with Crippen LogP contribution in [-0.4, -0.2) is 195 Å². The number of benzene rings is 4. The molecule has 2 saturated heterocycles. The molecule has 4 heterocycles. The van der Waals surface area contributed by atoms with Crippen molar-refractivity contribution in [3.8, 4) is 0 Å². The number of fused-ring (bicyclic) bond motifs is 7. The summed E-state index contributed by atoms with van der Waals surface area (Å²) in [7, 11) is 1.99. The van der Waals surface area contributed by atoms with E-state index in [1.807, 2.05) is 115 Å². The van der Waals surface area contributed by atoms with Crippen molar-refractivity contribution in [2.75, 3.05) is 55.7 Å². The van der Waals surface area contributed by atoms with Crippen LogP contribution in [0, 0.1) is 0 Å². The zero-order chi connectivity index (χ0) is 75.4. The first-order valence-corrected chi connectivity index (χ1v) is 37.3. The van der Waals surface area contributed by atoms with Crippen LogP contribution >= 0.6 is 21.6 Å². The number of allylic oxidation sites excluding steroid dienone is 8. The highest BCUT2D eigenvalue weighted by Gasteiger charge is 2.46. The third-order valence-corrected chi connectivity index (χ3v) is 21.2. The maximum Gasteiger partial charge on any atom is 0.326 e. The minimum Gasteiger partial charge on any atom is -0.550 e. The number of hydrogen-bond donors (Lipinski definition) is 12. The van der Waals surface area contributed by atoms with Crippen molar-refractivity contribution in [3.63, 3.8) is 0 Å². The van der Waals surface area contributed by atoms with E-state index in [1.165, 1.54) is 0 Å². The third kappa shape index (κ3) is 20.2. The number of nitrogens with two attached hydrogens (primary N) is 2. The van der Waals surface area contributed by atoms with Crippen molar-refractivity contribution in [1.29, 1.82) is 0 Å². The van der Waals surface area contributed by atoms with Gasteiger partial charge in [0, 0.05) is 84.5 Å². The summed E-state index contributed by atoms with van der Waals surface area (Å²) >= 11 is 0. The summed E-state index contributed by atoms with van der Waals surface area (Å²) < 4.78 is 2.05. The second kappa shape index (κ2) is 36.9. The molecule has 0 spiro atoms. The topological polar surface area (TPSA) is 430 Å². The number of unbranched alkanes of at least 4 members (excludes halogenated alkanes) is 2. The maximum atomic E-state index is 14.6. The molecule has 4 aromatic carbocycles. The minimum absolute atomic E-state index is 0.0329. The van der Waals surface area contributed by atoms with E-state index in [0.717, 1.165) is 88.4 Å². The van der Waals surface area contributed by atoms with Gasteiger partial charge in [0.1, 0.15) is 42.3 Å². The Bertz CT molecular complexity index is 4110. The Morgan fingerprint density at radius 1 is 0.760 bits per heavy atom. The van der Waals surface area contributed by atoms with E-state index in [9.17, 15) is 73.2 Å². The number of anilines is 1. The normalized spacial score (nSPS) is 22.0. The van der Waals surface area contributed by atoms with Crippen molar-refractivity contribution in [2.45, 2.75) is 158 Å². The largest absolute Gasteiger partial charge is 0.550 e. The summed E-state index contributed by atoms with van der Waals surface area (Å²) in [5, 5.41) is 64.1. The molecule has 0 saturated carbocycles. The number of carbonyl (C=O) groups is 11. The number of carboxylic acid groups (broad SMARTS) is 3. The molecule has 14 N–H and O–H groups in total. The number of hydrogen-bond acceptors (Lipinski definition) is 17. The third-order valence-electron chi connectivity index (χ3n) is 18.8. The fourth-order valence-corrected chi connectivity index (χ4v) is 16.0. The molecule has 556 valence electrons. The Morgan fingerprint density at radius 2 is 1.42 bits per heavy atom. The number of aliphatic hydroxyl groups excluding tert-OH is 1. The lowest BCUT2D eigenvalue weighted by molar-refractivity contribution is -0.439. The van der Waals surface area contributed by atoms with Crippen LogP contribution in [0.25, 0.3) is 21.5 Å². The molecule has 4 aliphatic rings. The molecule has 0 aliphatic carbocycles. The smallest absolute Gasteiger partial charge is 0.326 e. The van der Waals surface area contributed by atoms with Crippen LogP contribution in [0.2, 0.25) is 0 Å². The molecule has 0 radical (unpaired) electrons. The molecular weight excluding hydrogens is 1380 g/mol. The second-order valence-corrected chi connectivity index (χ2v) is 29.4. The molecule has 4 aromatic rings. The van der Waals surface area contributed by atoms with Crippen molar-refractivity contribution < 1.29 is 77.7 Å². The van der Waals surface area contributed by atoms with Gasteiger partial charge in [-0.25, -0.2) is 4.79 Å². The standard InChI is InChI=1S/C74H93N13O15S2/c1-6-7-11-24-49(71(101)102)81-68(98)53-43-104-103-42-52(65(95)78-40-60(90)79-48(25-18-35-77-72(75)76)66(96)82-50(39-62(93)94)67(97)83-51(41-88)70(100)87-36-19-26-56(87)69(99)84-53)80-59(89)33-37-85-54-31-29-44-20-14-16-22-46(44)63(54)73(2,3)57(85)27-12-9-8-10-13-28-58-74(4,5)64-47-23-17-15-21-45(47)30-32-55(64)86(58)38-34-61(91)92/h8-10,12-17,20-23,27-32,48-53,56,88H,6-7,11,18-19,24-26,33-43H2,1-5H3,(H13-,75,76,77,78,79,80,81,82,83,84,89,90,91,92,93,94,95,96,97,98,99,101,102)/t48-,49?,50-,51-,52+,53-,56?/m0/s1. The van der Waals surface area contributed by atoms with Crippen LogP contribution in [0.4, 0.5) is 11.4 Å². The molecule has 8 rings (SSSR count). The maximum absolute atomic E-state index is 14.6. The number of rotatable bonds is 25. The van der Waals surface area contributed by atoms with Crippen molar-refractivity contribution in [1.82, 2.24) is 42.1 Å². The van der Waals surface area contributed by atoms with Gasteiger partial charge >= 0.3 is 11.9 Å². The van der Waals surface area contributed by atoms with E-state index >= 15 is 0 Å². The number of nitrogens with one attached hydrogen (secondary N) is 7. The lowest BCUT2D eigenvalue weighted by Crippen LogP contribution is -2.60. The first kappa shape index (κ1) is 79.6. The monoisotopic (exact) mass is 1470 g/mol. The van der Waals surface area contributed by atoms with Crippen LogP contribution in [0.3, 0.4) is 0 Å². The van der Waals surface area contributed by atoms with Crippen LogP contribution < -0.4 is 58.7 Å². The van der Waals surface area contributed by atoms with Gasteiger partial charge in [-0.1, -0.05) is 147 Å². The van der Waals surface area contributed by atoms with E-state index in [2.05, 4.69) is 86.9 Å². The first-order valence-electron chi connectivity index (χ1n) is 34.8. The molecule has 2 unspecified atom stereocenters. The Balaban J connectivity index is 1.07. The first-order chi connectivity index (χ1) is 49.7. The number of aliphatic imine (C=N–C) groups is 1. The van der Waals surface area contributed by atoms with Gasteiger partial charge in [-0.2, -0.15) is 4.58 Å². The van der Waals surface area contributed by atoms with Gasteiger partial charge in [-0.05, 0) is 91.3 Å². The number of nitrogens with zero attached hydrogens (tertiary/aromatic N) is 4. The Labute approximate surface area is 610 Å². The van der Waals surface area contributed by atoms with Crippen LogP contribution in [0.1, 0.15) is 116 Å². The van der Waals surface area contributed by atoms with Gasteiger partial charge in [-0.15, -0.1) is 0 Å². The number of amides is 8. The molecule has 0 bridgehead atoms. The van der Waals surface area contributed by atoms with Crippen LogP contribution in [0.15, 0.2) is 126 Å². The summed E-state index contributed by atoms with van der Waals surface area (Å²) in [5.74, 6) is -12.2. The van der Waals surface area contributed by atoms with Crippen molar-refractivity contribution >= 4 is 131 Å². The quantitative estimate of drug-likeness (QED) is 0.0113. The number of aliphatic carboxylic acids is 3. The summed E-state index contributed by atoms with van der Waals surface area (Å²) in [4.78, 5) is 157. The predicted octanol–water partition coefficient (Wildman–Crippen LogP) is 2.85. The van der Waals surface area contributed by atoms with Gasteiger partial charge in [0.15, 0.2) is 18.2 Å². The zero-order valence-electron chi connectivity index (χ0n) is 58.9. The number of carboxylic acids is 3. The zero-order valence-corrected chi connectivity index (χ0v) is 60.6. The fraction of sp³-hybridized carbons (Fsp3) is 0.446. The molecule has 7 atom stereocenters. The molecule has 8 amide bonds. The Morgan fingerprint density at radius 3 is 2.11 bits per heavy atom. The molecule has 104 heavy (non-hydrogen) atoms. The van der Waals surface area contributed by atoms with Gasteiger partial charge in [-0.3, -0.25) is 48.1 Å². The molecule has 4 aliphatic heterocycles. The molecule has 30 heteroatoms. The fourth-order valence-electron chi connectivity index (χ4n) is 13.6. The highest BCUT2D eigenvalue weighted by atomic mass is 33.1. The summed E-state index contributed by atoms with van der Waals surface area (Å²) in [6.45, 7) is 8.79. The number of aliphatic hydroxyl groups is 1. The van der Waals surface area contributed by atoms with Gasteiger partial charge in [0.05, 0.1) is 25.0 Å². The number of carbonyl (C=O) groups excluding carboxylic acids is 9. The van der Waals surface area contributed by atoms with E-state index in [0.29, 0.717) is 12.8 Å². The van der Waals surface area contributed by atoms with Crippen molar-refractivity contribution in [2.24, 2.45) is 16.5 Å².